The number of aliphatic hydroxyl groups excluding tert-OH is 1. The van der Waals surface area contributed by atoms with Gasteiger partial charge >= 0.3 is 0 Å². The molecule has 0 amide bonds. The number of hydrogen-bond acceptors (Lipinski definition) is 5. The molecule has 1 aromatic rings. The highest BCUT2D eigenvalue weighted by molar-refractivity contribution is 7.88. The van der Waals surface area contributed by atoms with Gasteiger partial charge in [-0.15, -0.1) is 0 Å². The van der Waals surface area contributed by atoms with E-state index in [1.165, 1.54) is 18.2 Å². The highest BCUT2D eigenvalue weighted by atomic mass is 32.2. The van der Waals surface area contributed by atoms with Crippen LogP contribution in [0.1, 0.15) is 5.56 Å². The zero-order valence-electron chi connectivity index (χ0n) is 12.2. The van der Waals surface area contributed by atoms with Gasteiger partial charge in [0.05, 0.1) is 25.1 Å². The second-order valence-electron chi connectivity index (χ2n) is 5.30. The van der Waals surface area contributed by atoms with E-state index in [-0.39, 0.29) is 12.3 Å². The topological polar surface area (TPSA) is 78.9 Å². The molecular formula is C14H21FN2O4S. The lowest BCUT2D eigenvalue weighted by molar-refractivity contribution is 0.0158. The molecule has 1 saturated heterocycles. The van der Waals surface area contributed by atoms with E-state index in [0.717, 1.165) is 13.1 Å². The molecule has 2 rings (SSSR count). The molecular weight excluding hydrogens is 311 g/mol. The van der Waals surface area contributed by atoms with E-state index in [1.54, 1.807) is 6.07 Å². The summed E-state index contributed by atoms with van der Waals surface area (Å²) in [6, 6.07) is 5.46. The molecule has 1 fully saturated rings. The second-order valence-corrected chi connectivity index (χ2v) is 7.11. The molecule has 1 aliphatic heterocycles. The van der Waals surface area contributed by atoms with Crippen LogP contribution < -0.4 is 4.72 Å². The van der Waals surface area contributed by atoms with E-state index in [0.29, 0.717) is 25.3 Å². The van der Waals surface area contributed by atoms with Crippen molar-refractivity contribution < 1.29 is 22.7 Å². The number of morpholine rings is 1. The van der Waals surface area contributed by atoms with Gasteiger partial charge < -0.3 is 9.84 Å². The average molecular weight is 332 g/mol. The van der Waals surface area contributed by atoms with Gasteiger partial charge in [-0.3, -0.25) is 4.90 Å². The fourth-order valence-electron chi connectivity index (χ4n) is 2.27. The first-order chi connectivity index (χ1) is 10.4. The summed E-state index contributed by atoms with van der Waals surface area (Å²) in [7, 11) is -3.61. The van der Waals surface area contributed by atoms with E-state index < -0.39 is 21.9 Å². The lowest BCUT2D eigenvalue weighted by atomic mass is 10.2. The van der Waals surface area contributed by atoms with Crippen LogP contribution in [0.3, 0.4) is 0 Å². The predicted molar refractivity (Wildman–Crippen MR) is 80.3 cm³/mol. The summed E-state index contributed by atoms with van der Waals surface area (Å²) in [5.74, 6) is -0.783. The highest BCUT2D eigenvalue weighted by Gasteiger charge is 2.18. The zero-order valence-corrected chi connectivity index (χ0v) is 13.1. The van der Waals surface area contributed by atoms with Crippen molar-refractivity contribution in [3.8, 4) is 0 Å². The van der Waals surface area contributed by atoms with Crippen LogP contribution in [0.15, 0.2) is 24.3 Å². The van der Waals surface area contributed by atoms with Crippen LogP contribution in [0.2, 0.25) is 0 Å². The van der Waals surface area contributed by atoms with E-state index in [2.05, 4.69) is 4.72 Å². The van der Waals surface area contributed by atoms with Crippen molar-refractivity contribution in [2.24, 2.45) is 0 Å². The Morgan fingerprint density at radius 3 is 2.77 bits per heavy atom. The number of hydrogen-bond donors (Lipinski definition) is 2. The molecule has 0 aromatic heterocycles. The van der Waals surface area contributed by atoms with Crippen LogP contribution in [0.4, 0.5) is 4.39 Å². The van der Waals surface area contributed by atoms with Crippen molar-refractivity contribution in [1.82, 2.24) is 9.62 Å². The summed E-state index contributed by atoms with van der Waals surface area (Å²) in [6.07, 6.45) is -0.791. The second kappa shape index (κ2) is 7.98. The van der Waals surface area contributed by atoms with Gasteiger partial charge in [0, 0.05) is 26.2 Å². The maximum atomic E-state index is 13.0. The Kier molecular flexibility index (Phi) is 6.27. The smallest absolute Gasteiger partial charge is 0.215 e. The molecule has 0 spiro atoms. The molecule has 1 aromatic carbocycles. The highest BCUT2D eigenvalue weighted by Crippen LogP contribution is 2.07. The molecule has 22 heavy (non-hydrogen) atoms. The van der Waals surface area contributed by atoms with Gasteiger partial charge in [-0.2, -0.15) is 0 Å². The first-order valence-electron chi connectivity index (χ1n) is 7.14. The van der Waals surface area contributed by atoms with E-state index in [4.69, 9.17) is 4.74 Å². The van der Waals surface area contributed by atoms with Crippen LogP contribution in [0.25, 0.3) is 0 Å². The molecule has 1 heterocycles. The number of ether oxygens (including phenoxy) is 1. The summed E-state index contributed by atoms with van der Waals surface area (Å²) in [5.41, 5.74) is 0.371. The number of benzene rings is 1. The Bertz CT molecular complexity index is 576. The largest absolute Gasteiger partial charge is 0.390 e. The van der Waals surface area contributed by atoms with Crippen LogP contribution in [0.5, 0.6) is 0 Å². The standard InChI is InChI=1S/C14H21FN2O4S/c15-13-3-1-2-12(8-13)11-22(19,20)16-9-14(18)10-17-4-6-21-7-5-17/h1-3,8,14,16,18H,4-7,9-11H2/t14-/m1/s1. The van der Waals surface area contributed by atoms with Crippen LogP contribution in [0, 0.1) is 5.82 Å². The quantitative estimate of drug-likeness (QED) is 0.731. The van der Waals surface area contributed by atoms with Gasteiger partial charge in [0.15, 0.2) is 0 Å². The third-order valence-corrected chi connectivity index (χ3v) is 4.68. The summed E-state index contributed by atoms with van der Waals surface area (Å²) >= 11 is 0. The number of aliphatic hydroxyl groups is 1. The minimum atomic E-state index is -3.61. The number of halogens is 1. The summed E-state index contributed by atoms with van der Waals surface area (Å²) in [4.78, 5) is 2.02. The normalized spacial score (nSPS) is 18.3. The summed E-state index contributed by atoms with van der Waals surface area (Å²) < 4.78 is 44.5. The number of nitrogens with one attached hydrogen (secondary N) is 1. The SMILES string of the molecule is O=S(=O)(Cc1cccc(F)c1)NC[C@@H](O)CN1CCOCC1. The van der Waals surface area contributed by atoms with E-state index in [9.17, 15) is 17.9 Å². The first-order valence-corrected chi connectivity index (χ1v) is 8.80. The van der Waals surface area contributed by atoms with E-state index >= 15 is 0 Å². The maximum Gasteiger partial charge on any atom is 0.215 e. The average Bonchev–Trinajstić information content (AvgIpc) is 2.46. The first kappa shape index (κ1) is 17.3. The molecule has 0 aliphatic carbocycles. The molecule has 6 nitrogen and oxygen atoms in total. The minimum absolute atomic E-state index is 0.0605. The lowest BCUT2D eigenvalue weighted by Crippen LogP contribution is -2.44. The van der Waals surface area contributed by atoms with Gasteiger partial charge in [-0.25, -0.2) is 17.5 Å². The zero-order chi connectivity index (χ0) is 16.0. The molecule has 0 unspecified atom stereocenters. The van der Waals surface area contributed by atoms with Crippen molar-refractivity contribution in [1.29, 1.82) is 0 Å². The Morgan fingerprint density at radius 2 is 2.09 bits per heavy atom. The predicted octanol–water partition coefficient (Wildman–Crippen LogP) is -0.0618. The number of nitrogens with zero attached hydrogens (tertiary/aromatic N) is 1. The molecule has 2 N–H and O–H groups in total. The third kappa shape index (κ3) is 5.98. The van der Waals surface area contributed by atoms with Crippen LogP contribution >= 0.6 is 0 Å². The van der Waals surface area contributed by atoms with Gasteiger partial charge in [-0.1, -0.05) is 12.1 Å². The van der Waals surface area contributed by atoms with Gasteiger partial charge in [0.25, 0.3) is 0 Å². The van der Waals surface area contributed by atoms with Gasteiger partial charge in [0.2, 0.25) is 10.0 Å². The molecule has 8 heteroatoms. The monoisotopic (exact) mass is 332 g/mol. The van der Waals surface area contributed by atoms with Crippen molar-refractivity contribution in [2.75, 3.05) is 39.4 Å². The molecule has 1 aliphatic rings. The van der Waals surface area contributed by atoms with Crippen molar-refractivity contribution >= 4 is 10.0 Å². The summed E-state index contributed by atoms with van der Waals surface area (Å²) in [6.45, 7) is 3.04. The lowest BCUT2D eigenvalue weighted by Gasteiger charge is -2.28. The minimum Gasteiger partial charge on any atom is -0.390 e. The fraction of sp³-hybridized carbons (Fsp3) is 0.571. The van der Waals surface area contributed by atoms with Crippen LogP contribution in [-0.4, -0.2) is 63.9 Å². The Balaban J connectivity index is 1.78. The fourth-order valence-corrected chi connectivity index (χ4v) is 3.43. The van der Waals surface area contributed by atoms with E-state index in [1.807, 2.05) is 4.90 Å². The molecule has 0 radical (unpaired) electrons. The van der Waals surface area contributed by atoms with Crippen LogP contribution in [-0.2, 0) is 20.5 Å². The number of β-amino-alcohol motifs (C(OH)–C–C–N with tert-alkyl or cyclic N) is 1. The van der Waals surface area contributed by atoms with Crippen molar-refractivity contribution in [2.45, 2.75) is 11.9 Å². The third-order valence-electron chi connectivity index (χ3n) is 3.36. The Hall–Kier alpha value is -1.06. The van der Waals surface area contributed by atoms with Crippen molar-refractivity contribution in [3.63, 3.8) is 0 Å². The number of sulfonamides is 1. The molecule has 0 saturated carbocycles. The van der Waals surface area contributed by atoms with Crippen molar-refractivity contribution in [3.05, 3.63) is 35.6 Å². The molecule has 0 bridgehead atoms. The number of rotatable bonds is 7. The van der Waals surface area contributed by atoms with Gasteiger partial charge in [-0.05, 0) is 17.7 Å². The Labute approximate surface area is 129 Å². The van der Waals surface area contributed by atoms with Gasteiger partial charge in [0.1, 0.15) is 5.82 Å². The molecule has 1 atom stereocenters. The Morgan fingerprint density at radius 1 is 1.36 bits per heavy atom. The maximum absolute atomic E-state index is 13.0. The summed E-state index contributed by atoms with van der Waals surface area (Å²) in [5, 5.41) is 9.91. The molecule has 124 valence electrons.